The highest BCUT2D eigenvalue weighted by Crippen LogP contribution is 2.40. The molecule has 98 valence electrons. The van der Waals surface area contributed by atoms with Crippen LogP contribution in [0.3, 0.4) is 0 Å². The second-order valence-electron chi connectivity index (χ2n) is 4.23. The third kappa shape index (κ3) is 1.76. The van der Waals surface area contributed by atoms with E-state index < -0.39 is 5.54 Å². The maximum absolute atomic E-state index is 9.71. The van der Waals surface area contributed by atoms with Crippen LogP contribution in [-0.2, 0) is 0 Å². The number of aliphatic imine (C=N–C) groups is 1. The Kier molecular flexibility index (Phi) is 3.08. The van der Waals surface area contributed by atoms with Crippen molar-refractivity contribution < 1.29 is 10.2 Å². The number of anilines is 2. The summed E-state index contributed by atoms with van der Waals surface area (Å²) in [5.74, 6) is 0.111. The number of nitrogen functional groups attached to an aromatic ring is 1. The van der Waals surface area contributed by atoms with E-state index >= 15 is 0 Å². The number of aliphatic hydroxyl groups excluding tert-OH is 1. The van der Waals surface area contributed by atoms with Gasteiger partial charge in [-0.05, 0) is 12.8 Å². The van der Waals surface area contributed by atoms with E-state index in [0.717, 1.165) is 12.8 Å². The maximum Gasteiger partial charge on any atom is 0.244 e. The number of hydrogen-bond acceptors (Lipinski definition) is 7. The van der Waals surface area contributed by atoms with Crippen LogP contribution in [-0.4, -0.2) is 38.0 Å². The zero-order valence-electron chi connectivity index (χ0n) is 10.4. The van der Waals surface area contributed by atoms with Crippen molar-refractivity contribution in [1.82, 2.24) is 9.97 Å². The number of aromatic hydroxyl groups is 1. The Labute approximate surface area is 105 Å². The molecule has 0 saturated heterocycles. The van der Waals surface area contributed by atoms with E-state index in [0.29, 0.717) is 11.5 Å². The van der Waals surface area contributed by atoms with E-state index in [9.17, 15) is 10.2 Å². The van der Waals surface area contributed by atoms with Gasteiger partial charge in [-0.2, -0.15) is 9.97 Å². The third-order valence-electron chi connectivity index (χ3n) is 3.40. The number of aromatic nitrogens is 2. The molecule has 0 unspecified atom stereocenters. The Morgan fingerprint density at radius 2 is 1.94 bits per heavy atom. The molecule has 2 heterocycles. The van der Waals surface area contributed by atoms with Crippen LogP contribution in [0.5, 0.6) is 5.88 Å². The Hall–Kier alpha value is -1.89. The molecule has 0 aromatic carbocycles. The summed E-state index contributed by atoms with van der Waals surface area (Å²) in [6.07, 6.45) is 1.49. The molecule has 0 spiro atoms. The predicted octanol–water partition coefficient (Wildman–Crippen LogP) is 0.813. The lowest BCUT2D eigenvalue weighted by Gasteiger charge is -2.37. The lowest BCUT2D eigenvalue weighted by atomic mass is 9.86. The summed E-state index contributed by atoms with van der Waals surface area (Å²) < 4.78 is 0. The normalized spacial score (nSPS) is 16.7. The van der Waals surface area contributed by atoms with Gasteiger partial charge in [0.25, 0.3) is 0 Å². The van der Waals surface area contributed by atoms with Crippen LogP contribution in [0.2, 0.25) is 0 Å². The SMILES string of the molecule is CCC1(CC)Nc2nc(N)nc(O)c2N=C1CO. The second kappa shape index (κ2) is 4.41. The average molecular weight is 251 g/mol. The van der Waals surface area contributed by atoms with Crippen molar-refractivity contribution >= 4 is 23.2 Å². The number of aliphatic hydroxyl groups is 1. The Balaban J connectivity index is 2.59. The number of nitrogens with two attached hydrogens (primary N) is 1. The van der Waals surface area contributed by atoms with Crippen LogP contribution in [0.25, 0.3) is 0 Å². The minimum absolute atomic E-state index is 0.0116. The van der Waals surface area contributed by atoms with E-state index in [1.807, 2.05) is 13.8 Å². The van der Waals surface area contributed by atoms with Crippen LogP contribution in [0.15, 0.2) is 4.99 Å². The zero-order chi connectivity index (χ0) is 13.3. The van der Waals surface area contributed by atoms with Crippen LogP contribution in [0.4, 0.5) is 17.5 Å². The molecule has 0 bridgehead atoms. The van der Waals surface area contributed by atoms with Gasteiger partial charge in [0.2, 0.25) is 11.8 Å². The van der Waals surface area contributed by atoms with Gasteiger partial charge >= 0.3 is 0 Å². The van der Waals surface area contributed by atoms with Crippen LogP contribution < -0.4 is 11.1 Å². The van der Waals surface area contributed by atoms with E-state index in [1.54, 1.807) is 0 Å². The molecular weight excluding hydrogens is 234 g/mol. The number of hydrogen-bond donors (Lipinski definition) is 4. The smallest absolute Gasteiger partial charge is 0.244 e. The van der Waals surface area contributed by atoms with E-state index in [-0.39, 0.29) is 24.1 Å². The van der Waals surface area contributed by atoms with Crippen molar-refractivity contribution in [3.8, 4) is 5.88 Å². The predicted molar refractivity (Wildman–Crippen MR) is 69.2 cm³/mol. The quantitative estimate of drug-likeness (QED) is 0.631. The fourth-order valence-electron chi connectivity index (χ4n) is 2.21. The van der Waals surface area contributed by atoms with Gasteiger partial charge in [-0.1, -0.05) is 13.8 Å². The highest BCUT2D eigenvalue weighted by molar-refractivity contribution is 6.02. The molecule has 0 amide bonds. The van der Waals surface area contributed by atoms with Crippen LogP contribution in [0, 0.1) is 0 Å². The average Bonchev–Trinajstić information content (AvgIpc) is 2.36. The van der Waals surface area contributed by atoms with E-state index in [4.69, 9.17) is 5.73 Å². The van der Waals surface area contributed by atoms with Gasteiger partial charge in [0.15, 0.2) is 11.5 Å². The van der Waals surface area contributed by atoms with E-state index in [1.165, 1.54) is 0 Å². The van der Waals surface area contributed by atoms with Crippen molar-refractivity contribution in [1.29, 1.82) is 0 Å². The third-order valence-corrected chi connectivity index (χ3v) is 3.40. The second-order valence-corrected chi connectivity index (χ2v) is 4.23. The van der Waals surface area contributed by atoms with Crippen LogP contribution >= 0.6 is 0 Å². The highest BCUT2D eigenvalue weighted by atomic mass is 16.3. The minimum Gasteiger partial charge on any atom is -0.492 e. The van der Waals surface area contributed by atoms with Gasteiger partial charge in [0, 0.05) is 0 Å². The molecule has 7 nitrogen and oxygen atoms in total. The molecule has 2 rings (SSSR count). The molecule has 0 aliphatic carbocycles. The zero-order valence-corrected chi connectivity index (χ0v) is 10.4. The number of nitrogens with zero attached hydrogens (tertiary/aromatic N) is 3. The highest BCUT2D eigenvalue weighted by Gasteiger charge is 2.37. The summed E-state index contributed by atoms with van der Waals surface area (Å²) in [5.41, 5.74) is 5.85. The Morgan fingerprint density at radius 3 is 2.50 bits per heavy atom. The molecule has 1 aromatic rings. The first-order valence-corrected chi connectivity index (χ1v) is 5.90. The molecule has 18 heavy (non-hydrogen) atoms. The van der Waals surface area contributed by atoms with Crippen molar-refractivity contribution in [3.63, 3.8) is 0 Å². The summed E-state index contributed by atoms with van der Waals surface area (Å²) in [6.45, 7) is 3.81. The summed E-state index contributed by atoms with van der Waals surface area (Å²) in [5, 5.41) is 22.4. The molecule has 5 N–H and O–H groups in total. The first kappa shape index (κ1) is 12.6. The molecule has 1 aliphatic rings. The monoisotopic (exact) mass is 251 g/mol. The fraction of sp³-hybridized carbons (Fsp3) is 0.545. The first-order valence-electron chi connectivity index (χ1n) is 5.90. The Morgan fingerprint density at radius 1 is 1.28 bits per heavy atom. The first-order chi connectivity index (χ1) is 8.56. The van der Waals surface area contributed by atoms with Gasteiger partial charge in [0.1, 0.15) is 0 Å². The topological polar surface area (TPSA) is 117 Å². The summed E-state index contributed by atoms with van der Waals surface area (Å²) >= 11 is 0. The standard InChI is InChI=1S/C11H17N5O2/c1-3-11(4-2)6(5-17)13-7-8(16-11)14-10(12)15-9(7)18/h17H,3-5H2,1-2H3,(H4,12,14,15,16,18). The van der Waals surface area contributed by atoms with Crippen LogP contribution in [0.1, 0.15) is 26.7 Å². The number of rotatable bonds is 3. The molecule has 0 atom stereocenters. The lowest BCUT2D eigenvalue weighted by molar-refractivity contribution is 0.344. The molecule has 0 fully saturated rings. The minimum atomic E-state index is -0.449. The molecular formula is C11H17N5O2. The molecule has 0 saturated carbocycles. The summed E-state index contributed by atoms with van der Waals surface area (Å²) in [7, 11) is 0. The summed E-state index contributed by atoms with van der Waals surface area (Å²) in [4.78, 5) is 12.0. The summed E-state index contributed by atoms with van der Waals surface area (Å²) in [6, 6.07) is 0. The van der Waals surface area contributed by atoms with Crippen molar-refractivity contribution in [3.05, 3.63) is 0 Å². The fourth-order valence-corrected chi connectivity index (χ4v) is 2.21. The van der Waals surface area contributed by atoms with Gasteiger partial charge in [0.05, 0.1) is 17.9 Å². The van der Waals surface area contributed by atoms with E-state index in [2.05, 4.69) is 20.3 Å². The van der Waals surface area contributed by atoms with Gasteiger partial charge < -0.3 is 21.3 Å². The van der Waals surface area contributed by atoms with Gasteiger partial charge in [-0.25, -0.2) is 4.99 Å². The molecule has 1 aromatic heterocycles. The van der Waals surface area contributed by atoms with Gasteiger partial charge in [-0.15, -0.1) is 0 Å². The largest absolute Gasteiger partial charge is 0.492 e. The number of nitrogens with one attached hydrogen (secondary N) is 1. The number of fused-ring (bicyclic) bond motifs is 1. The molecule has 0 radical (unpaired) electrons. The Bertz CT molecular complexity index is 496. The van der Waals surface area contributed by atoms with Crippen molar-refractivity contribution in [2.75, 3.05) is 17.7 Å². The molecule has 1 aliphatic heterocycles. The van der Waals surface area contributed by atoms with Crippen molar-refractivity contribution in [2.24, 2.45) is 4.99 Å². The molecule has 7 heteroatoms. The van der Waals surface area contributed by atoms with Crippen molar-refractivity contribution in [2.45, 2.75) is 32.2 Å². The maximum atomic E-state index is 9.71. The van der Waals surface area contributed by atoms with Gasteiger partial charge in [-0.3, -0.25) is 0 Å². The lowest BCUT2D eigenvalue weighted by Crippen LogP contribution is -2.48.